The highest BCUT2D eigenvalue weighted by atomic mass is 127. The molecule has 2 aromatic carbocycles. The zero-order valence-corrected chi connectivity index (χ0v) is 19.8. The maximum Gasteiger partial charge on any atom is 0.243 e. The number of halogens is 3. The Hall–Kier alpha value is -2.43. The fourth-order valence-corrected chi connectivity index (χ4v) is 2.81. The lowest BCUT2D eigenvalue weighted by Gasteiger charge is -2.19. The number of carbonyl (C=O) groups excluding carboxylic acids is 1. The van der Waals surface area contributed by atoms with Crippen LogP contribution in [0.2, 0.25) is 0 Å². The van der Waals surface area contributed by atoms with E-state index in [1.807, 2.05) is 6.92 Å². The first-order valence-electron chi connectivity index (χ1n) is 9.89. The van der Waals surface area contributed by atoms with Crippen molar-refractivity contribution in [3.63, 3.8) is 0 Å². The minimum atomic E-state index is -0.428. The third-order valence-corrected chi connectivity index (χ3v) is 4.73. The molecule has 0 spiro atoms. The molecule has 31 heavy (non-hydrogen) atoms. The number of carbonyl (C=O) groups is 1. The van der Waals surface area contributed by atoms with E-state index in [0.29, 0.717) is 24.2 Å². The van der Waals surface area contributed by atoms with E-state index in [9.17, 15) is 13.6 Å². The van der Waals surface area contributed by atoms with E-state index in [1.165, 1.54) is 24.3 Å². The number of nitrogens with one attached hydrogen (secondary N) is 3. The van der Waals surface area contributed by atoms with Gasteiger partial charge in [0.25, 0.3) is 0 Å². The first-order chi connectivity index (χ1) is 14.4. The van der Waals surface area contributed by atoms with Gasteiger partial charge in [-0.05, 0) is 61.6 Å². The molecule has 6 nitrogen and oxygen atoms in total. The second-order valence-corrected chi connectivity index (χ2v) is 7.29. The Bertz CT molecular complexity index is 922. The number of ether oxygens (including phenoxy) is 1. The fourth-order valence-electron chi connectivity index (χ4n) is 2.81. The summed E-state index contributed by atoms with van der Waals surface area (Å²) in [5.74, 6) is 0.0137. The lowest BCUT2D eigenvalue weighted by Crippen LogP contribution is -2.42. The lowest BCUT2D eigenvalue weighted by molar-refractivity contribution is -0.115. The standard InChI is InChI=1S/C22H26F2N4O2.HI/c1-14(16-8-9-20(19(24)10-16)30-13-15-6-7-15)27-22(25-2)26-12-21(29)28-18-5-3-4-17(23)11-18;/h3-5,8-11,14-15H,6-7,12-13H2,1-2H3,(H,28,29)(H2,25,26,27);1H. The Morgan fingerprint density at radius 2 is 2.00 bits per heavy atom. The predicted molar refractivity (Wildman–Crippen MR) is 128 cm³/mol. The van der Waals surface area contributed by atoms with Crippen molar-refractivity contribution in [3.8, 4) is 5.75 Å². The van der Waals surface area contributed by atoms with Gasteiger partial charge in [0.05, 0.1) is 19.2 Å². The van der Waals surface area contributed by atoms with Gasteiger partial charge in [0.1, 0.15) is 5.82 Å². The summed E-state index contributed by atoms with van der Waals surface area (Å²) in [4.78, 5) is 16.1. The Morgan fingerprint density at radius 1 is 1.23 bits per heavy atom. The van der Waals surface area contributed by atoms with E-state index in [1.54, 1.807) is 25.2 Å². The summed E-state index contributed by atoms with van der Waals surface area (Å²) >= 11 is 0. The number of aliphatic imine (C=N–C) groups is 1. The fraction of sp³-hybridized carbons (Fsp3) is 0.364. The highest BCUT2D eigenvalue weighted by Gasteiger charge is 2.22. The maximum atomic E-state index is 14.3. The zero-order valence-electron chi connectivity index (χ0n) is 17.5. The third-order valence-electron chi connectivity index (χ3n) is 4.73. The summed E-state index contributed by atoms with van der Waals surface area (Å²) in [6.07, 6.45) is 2.29. The van der Waals surface area contributed by atoms with Crippen molar-refractivity contribution < 1.29 is 18.3 Å². The molecule has 1 aliphatic carbocycles. The monoisotopic (exact) mass is 544 g/mol. The Balaban J connectivity index is 0.00000341. The molecule has 0 heterocycles. The molecule has 1 unspecified atom stereocenters. The summed E-state index contributed by atoms with van der Waals surface area (Å²) in [7, 11) is 1.57. The summed E-state index contributed by atoms with van der Waals surface area (Å²) in [6.45, 7) is 2.35. The van der Waals surface area contributed by atoms with Crippen LogP contribution in [0.5, 0.6) is 5.75 Å². The molecule has 1 fully saturated rings. The van der Waals surface area contributed by atoms with E-state index in [4.69, 9.17) is 4.74 Å². The number of rotatable bonds is 8. The molecule has 3 rings (SSSR count). The molecule has 1 saturated carbocycles. The largest absolute Gasteiger partial charge is 0.490 e. The van der Waals surface area contributed by atoms with Gasteiger partial charge < -0.3 is 20.7 Å². The molecule has 0 saturated heterocycles. The molecule has 0 aromatic heterocycles. The number of nitrogens with zero attached hydrogens (tertiary/aromatic N) is 1. The van der Waals surface area contributed by atoms with Crippen LogP contribution in [0.25, 0.3) is 0 Å². The Kier molecular flexibility index (Phi) is 9.47. The highest BCUT2D eigenvalue weighted by molar-refractivity contribution is 14.0. The molecule has 1 aliphatic rings. The van der Waals surface area contributed by atoms with Crippen LogP contribution in [0, 0.1) is 17.6 Å². The minimum Gasteiger partial charge on any atom is -0.490 e. The van der Waals surface area contributed by atoms with Crippen molar-refractivity contribution in [2.75, 3.05) is 25.5 Å². The molecule has 1 atom stereocenters. The quantitative estimate of drug-likeness (QED) is 0.264. The average molecular weight is 544 g/mol. The van der Waals surface area contributed by atoms with Gasteiger partial charge in [-0.15, -0.1) is 24.0 Å². The molecule has 168 valence electrons. The first-order valence-corrected chi connectivity index (χ1v) is 9.89. The number of hydrogen-bond donors (Lipinski definition) is 3. The van der Waals surface area contributed by atoms with Crippen LogP contribution in [0.4, 0.5) is 14.5 Å². The van der Waals surface area contributed by atoms with Crippen molar-refractivity contribution in [3.05, 3.63) is 59.7 Å². The molecule has 3 N–H and O–H groups in total. The van der Waals surface area contributed by atoms with Crippen LogP contribution in [0.3, 0.4) is 0 Å². The summed E-state index contributed by atoms with van der Waals surface area (Å²) < 4.78 is 33.0. The van der Waals surface area contributed by atoms with Crippen molar-refractivity contribution in [2.45, 2.75) is 25.8 Å². The van der Waals surface area contributed by atoms with E-state index >= 15 is 0 Å². The average Bonchev–Trinajstić information content (AvgIpc) is 3.54. The molecular weight excluding hydrogens is 517 g/mol. The van der Waals surface area contributed by atoms with Crippen LogP contribution < -0.4 is 20.7 Å². The van der Waals surface area contributed by atoms with E-state index in [2.05, 4.69) is 20.9 Å². The molecular formula is C22H27F2IN4O2. The van der Waals surface area contributed by atoms with E-state index < -0.39 is 11.6 Å². The third kappa shape index (κ3) is 7.97. The second kappa shape index (κ2) is 11.8. The summed E-state index contributed by atoms with van der Waals surface area (Å²) in [6, 6.07) is 10.3. The van der Waals surface area contributed by atoms with Crippen molar-refractivity contribution in [2.24, 2.45) is 10.9 Å². The minimum absolute atomic E-state index is 0. The van der Waals surface area contributed by atoms with Gasteiger partial charge in [0.15, 0.2) is 17.5 Å². The van der Waals surface area contributed by atoms with Gasteiger partial charge in [-0.2, -0.15) is 0 Å². The zero-order chi connectivity index (χ0) is 21.5. The topological polar surface area (TPSA) is 74.8 Å². The number of guanidine groups is 1. The molecule has 0 radical (unpaired) electrons. The maximum absolute atomic E-state index is 14.3. The Labute approximate surface area is 197 Å². The van der Waals surface area contributed by atoms with Gasteiger partial charge in [0, 0.05) is 12.7 Å². The SMILES string of the molecule is CN=C(NCC(=O)Nc1cccc(F)c1)NC(C)c1ccc(OCC2CC2)c(F)c1.I. The van der Waals surface area contributed by atoms with Crippen LogP contribution in [-0.2, 0) is 4.79 Å². The molecule has 1 amide bonds. The van der Waals surface area contributed by atoms with Crippen molar-refractivity contribution in [1.29, 1.82) is 0 Å². The molecule has 0 bridgehead atoms. The van der Waals surface area contributed by atoms with Crippen LogP contribution in [-0.4, -0.2) is 32.1 Å². The normalized spacial score (nSPS) is 14.3. The smallest absolute Gasteiger partial charge is 0.243 e. The van der Waals surface area contributed by atoms with Gasteiger partial charge in [0.2, 0.25) is 5.91 Å². The summed E-state index contributed by atoms with van der Waals surface area (Å²) in [5, 5.41) is 8.59. The van der Waals surface area contributed by atoms with Gasteiger partial charge in [-0.3, -0.25) is 9.79 Å². The molecule has 2 aromatic rings. The van der Waals surface area contributed by atoms with E-state index in [-0.39, 0.29) is 48.2 Å². The lowest BCUT2D eigenvalue weighted by atomic mass is 10.1. The Morgan fingerprint density at radius 3 is 2.65 bits per heavy atom. The van der Waals surface area contributed by atoms with Crippen molar-refractivity contribution in [1.82, 2.24) is 10.6 Å². The van der Waals surface area contributed by atoms with E-state index in [0.717, 1.165) is 18.4 Å². The predicted octanol–water partition coefficient (Wildman–Crippen LogP) is 4.24. The van der Waals surface area contributed by atoms with Crippen LogP contribution >= 0.6 is 24.0 Å². The first kappa shape index (κ1) is 24.8. The van der Waals surface area contributed by atoms with Gasteiger partial charge in [-0.25, -0.2) is 8.78 Å². The van der Waals surface area contributed by atoms with Crippen LogP contribution in [0.1, 0.15) is 31.4 Å². The van der Waals surface area contributed by atoms with Crippen LogP contribution in [0.15, 0.2) is 47.5 Å². The molecule has 9 heteroatoms. The number of anilines is 1. The summed E-state index contributed by atoms with van der Waals surface area (Å²) in [5.41, 5.74) is 1.09. The number of amides is 1. The second-order valence-electron chi connectivity index (χ2n) is 7.29. The van der Waals surface area contributed by atoms with Gasteiger partial charge in [-0.1, -0.05) is 12.1 Å². The number of hydrogen-bond acceptors (Lipinski definition) is 3. The molecule has 0 aliphatic heterocycles. The van der Waals surface area contributed by atoms with Gasteiger partial charge >= 0.3 is 0 Å². The highest BCUT2D eigenvalue weighted by Crippen LogP contribution is 2.30. The van der Waals surface area contributed by atoms with Crippen molar-refractivity contribution >= 4 is 41.5 Å². The number of benzene rings is 2.